The largest absolute Gasteiger partial charge is 0.397 e. The van der Waals surface area contributed by atoms with Crippen molar-refractivity contribution in [2.24, 2.45) is 4.99 Å². The van der Waals surface area contributed by atoms with Gasteiger partial charge in [-0.1, -0.05) is 29.8 Å². The topological polar surface area (TPSA) is 50.4 Å². The Balaban J connectivity index is 2.22. The summed E-state index contributed by atoms with van der Waals surface area (Å²) in [5.74, 6) is 0. The zero-order valence-corrected chi connectivity index (χ0v) is 14.6. The molecule has 0 unspecified atom stereocenters. The summed E-state index contributed by atoms with van der Waals surface area (Å²) in [4.78, 5) is 4.57. The Labute approximate surface area is 139 Å². The van der Waals surface area contributed by atoms with E-state index in [2.05, 4.69) is 43.2 Å². The maximum absolute atomic E-state index is 5.93. The first-order chi connectivity index (χ1) is 10.9. The first kappa shape index (κ1) is 16.8. The van der Waals surface area contributed by atoms with Crippen molar-refractivity contribution >= 4 is 22.8 Å². The van der Waals surface area contributed by atoms with Gasteiger partial charge >= 0.3 is 0 Å². The van der Waals surface area contributed by atoms with E-state index < -0.39 is 0 Å². The highest BCUT2D eigenvalue weighted by Gasteiger charge is 2.04. The average molecular weight is 307 g/mol. The van der Waals surface area contributed by atoms with Crippen LogP contribution in [0.1, 0.15) is 30.5 Å². The van der Waals surface area contributed by atoms with E-state index in [4.69, 9.17) is 5.73 Å². The second-order valence-corrected chi connectivity index (χ2v) is 6.04. The number of hydrogen-bond donors (Lipinski definition) is 2. The Morgan fingerprint density at radius 1 is 1.04 bits per heavy atom. The van der Waals surface area contributed by atoms with Gasteiger partial charge in [0.1, 0.15) is 0 Å². The van der Waals surface area contributed by atoms with Gasteiger partial charge in [0.2, 0.25) is 0 Å². The Morgan fingerprint density at radius 3 is 2.26 bits per heavy atom. The van der Waals surface area contributed by atoms with Gasteiger partial charge < -0.3 is 11.1 Å². The lowest BCUT2D eigenvalue weighted by molar-refractivity contribution is 1.27. The molecular weight excluding hydrogens is 282 g/mol. The molecule has 0 amide bonds. The van der Waals surface area contributed by atoms with Crippen LogP contribution in [0.2, 0.25) is 0 Å². The lowest BCUT2D eigenvalue weighted by Gasteiger charge is -2.14. The molecule has 0 aliphatic heterocycles. The van der Waals surface area contributed by atoms with Crippen LogP contribution >= 0.6 is 0 Å². The van der Waals surface area contributed by atoms with Crippen LogP contribution in [-0.2, 0) is 0 Å². The van der Waals surface area contributed by atoms with Gasteiger partial charge in [0.25, 0.3) is 0 Å². The molecule has 0 saturated carbocycles. The van der Waals surface area contributed by atoms with E-state index in [9.17, 15) is 0 Å². The molecule has 2 aromatic carbocycles. The van der Waals surface area contributed by atoms with E-state index in [1.54, 1.807) is 0 Å². The zero-order valence-electron chi connectivity index (χ0n) is 14.6. The number of nitrogens with one attached hydrogen (secondary N) is 1. The lowest BCUT2D eigenvalue weighted by atomic mass is 10.0. The summed E-state index contributed by atoms with van der Waals surface area (Å²) in [6, 6.07) is 12.0. The number of aliphatic imine (C=N–C) groups is 1. The molecule has 3 N–H and O–H groups in total. The minimum Gasteiger partial charge on any atom is -0.397 e. The smallest absolute Gasteiger partial charge is 0.0862 e. The van der Waals surface area contributed by atoms with Gasteiger partial charge in [0.15, 0.2) is 0 Å². The Kier molecular flexibility index (Phi) is 5.22. The lowest BCUT2D eigenvalue weighted by Crippen LogP contribution is -2.02. The summed E-state index contributed by atoms with van der Waals surface area (Å²) in [6.07, 6.45) is 2.03. The average Bonchev–Trinajstić information content (AvgIpc) is 2.45. The minimum atomic E-state index is 0.691. The Morgan fingerprint density at radius 2 is 1.65 bits per heavy atom. The summed E-state index contributed by atoms with van der Waals surface area (Å²) in [7, 11) is 0. The van der Waals surface area contributed by atoms with Gasteiger partial charge in [-0.2, -0.15) is 0 Å². The van der Waals surface area contributed by atoms with Crippen molar-refractivity contribution in [1.82, 2.24) is 0 Å². The number of allylic oxidation sites excluding steroid dienone is 2. The molecule has 0 aromatic heterocycles. The van der Waals surface area contributed by atoms with Crippen LogP contribution in [0.3, 0.4) is 0 Å². The molecule has 2 rings (SSSR count). The second-order valence-electron chi connectivity index (χ2n) is 6.04. The number of anilines is 2. The van der Waals surface area contributed by atoms with Crippen LogP contribution in [0.25, 0.3) is 0 Å². The van der Waals surface area contributed by atoms with Gasteiger partial charge in [-0.15, -0.1) is 0 Å². The monoisotopic (exact) mass is 307 g/mol. The molecule has 0 aliphatic carbocycles. The fourth-order valence-electron chi connectivity index (χ4n) is 2.74. The molecule has 0 atom stereocenters. The van der Waals surface area contributed by atoms with Crippen LogP contribution in [-0.4, -0.2) is 5.71 Å². The third-order valence-corrected chi connectivity index (χ3v) is 3.66. The number of nitrogen functional groups attached to an aromatic ring is 1. The van der Waals surface area contributed by atoms with Crippen molar-refractivity contribution < 1.29 is 0 Å². The van der Waals surface area contributed by atoms with E-state index in [1.807, 2.05) is 44.2 Å². The molecule has 3 heteroatoms. The summed E-state index contributed by atoms with van der Waals surface area (Å²) in [5.41, 5.74) is 14.3. The molecule has 0 spiro atoms. The van der Waals surface area contributed by atoms with E-state index in [0.29, 0.717) is 5.69 Å². The van der Waals surface area contributed by atoms with Gasteiger partial charge in [-0.25, -0.2) is 0 Å². The minimum absolute atomic E-state index is 0.691. The molecule has 120 valence electrons. The normalized spacial score (nSPS) is 12.4. The molecule has 2 aromatic rings. The van der Waals surface area contributed by atoms with Crippen LogP contribution in [0, 0.1) is 20.8 Å². The van der Waals surface area contributed by atoms with Gasteiger partial charge in [-0.3, -0.25) is 4.99 Å². The molecule has 0 heterocycles. The first-order valence-electron chi connectivity index (χ1n) is 7.80. The maximum Gasteiger partial charge on any atom is 0.0862 e. The number of aryl methyl sites for hydroxylation is 3. The van der Waals surface area contributed by atoms with Crippen LogP contribution < -0.4 is 11.1 Å². The molecule has 0 bridgehead atoms. The molecule has 0 fully saturated rings. The quantitative estimate of drug-likeness (QED) is 0.594. The van der Waals surface area contributed by atoms with Crippen molar-refractivity contribution in [3.05, 3.63) is 64.9 Å². The van der Waals surface area contributed by atoms with Gasteiger partial charge in [-0.05, 0) is 64.0 Å². The van der Waals surface area contributed by atoms with Crippen LogP contribution in [0.15, 0.2) is 53.2 Å². The number of hydrogen-bond acceptors (Lipinski definition) is 3. The van der Waals surface area contributed by atoms with E-state index >= 15 is 0 Å². The Hall–Kier alpha value is -2.55. The molecule has 0 saturated heterocycles. The summed E-state index contributed by atoms with van der Waals surface area (Å²) >= 11 is 0. The first-order valence-corrected chi connectivity index (χ1v) is 7.80. The summed E-state index contributed by atoms with van der Waals surface area (Å²) < 4.78 is 0. The van der Waals surface area contributed by atoms with E-state index in [1.165, 1.54) is 16.7 Å². The molecule has 23 heavy (non-hydrogen) atoms. The van der Waals surface area contributed by atoms with Crippen molar-refractivity contribution in [1.29, 1.82) is 0 Å². The van der Waals surface area contributed by atoms with Crippen LogP contribution in [0.4, 0.5) is 17.1 Å². The maximum atomic E-state index is 5.93. The van der Waals surface area contributed by atoms with Crippen molar-refractivity contribution in [2.75, 3.05) is 11.1 Å². The third kappa shape index (κ3) is 4.46. The van der Waals surface area contributed by atoms with Crippen molar-refractivity contribution in [3.63, 3.8) is 0 Å². The summed E-state index contributed by atoms with van der Waals surface area (Å²) in [5, 5.41) is 3.49. The van der Waals surface area contributed by atoms with Gasteiger partial charge in [0, 0.05) is 17.1 Å². The predicted octanol–water partition coefficient (Wildman–Crippen LogP) is 5.30. The number of rotatable bonds is 4. The highest BCUT2D eigenvalue weighted by Crippen LogP contribution is 2.24. The van der Waals surface area contributed by atoms with E-state index in [0.717, 1.165) is 22.8 Å². The number of nitrogens with zero attached hydrogens (tertiary/aromatic N) is 1. The van der Waals surface area contributed by atoms with Gasteiger partial charge in [0.05, 0.1) is 11.4 Å². The highest BCUT2D eigenvalue weighted by atomic mass is 14.9. The number of para-hydroxylation sites is 2. The Bertz CT molecular complexity index is 747. The van der Waals surface area contributed by atoms with Crippen LogP contribution in [0.5, 0.6) is 0 Å². The molecule has 3 nitrogen and oxygen atoms in total. The standard InChI is InChI=1S/C20H25N3/c1-13-10-14(2)20(15(3)11-13)23-17(5)12-16(4)22-19-9-7-6-8-18(19)21/h6-12,23H,21H2,1-5H3/b17-12-,22-16?. The predicted molar refractivity (Wildman–Crippen MR) is 102 cm³/mol. The fraction of sp³-hybridized carbons (Fsp3) is 0.250. The zero-order chi connectivity index (χ0) is 17.0. The molecule has 0 radical (unpaired) electrons. The molecular formula is C20H25N3. The highest BCUT2D eigenvalue weighted by molar-refractivity contribution is 5.96. The molecule has 0 aliphatic rings. The fourth-order valence-corrected chi connectivity index (χ4v) is 2.74. The number of benzene rings is 2. The van der Waals surface area contributed by atoms with Crippen molar-refractivity contribution in [3.8, 4) is 0 Å². The SMILES string of the molecule is CC(/C=C(/C)Nc1c(C)cc(C)cc1C)=Nc1ccccc1N. The number of nitrogens with two attached hydrogens (primary N) is 1. The van der Waals surface area contributed by atoms with E-state index in [-0.39, 0.29) is 0 Å². The van der Waals surface area contributed by atoms with Crippen molar-refractivity contribution in [2.45, 2.75) is 34.6 Å². The second kappa shape index (κ2) is 7.14. The summed E-state index contributed by atoms with van der Waals surface area (Å²) in [6.45, 7) is 10.4. The third-order valence-electron chi connectivity index (χ3n) is 3.66.